The summed E-state index contributed by atoms with van der Waals surface area (Å²) in [6.45, 7) is 4.41. The molecule has 2 atom stereocenters. The van der Waals surface area contributed by atoms with Gasteiger partial charge in [-0.05, 0) is 48.5 Å². The number of hydrogen-bond acceptors (Lipinski definition) is 3. The molecule has 0 fully saturated rings. The van der Waals surface area contributed by atoms with Crippen molar-refractivity contribution in [1.29, 1.82) is 0 Å². The first-order valence-corrected chi connectivity index (χ1v) is 7.83. The summed E-state index contributed by atoms with van der Waals surface area (Å²) in [5.41, 5.74) is 3.02. The van der Waals surface area contributed by atoms with Crippen LogP contribution in [0.3, 0.4) is 0 Å². The second kappa shape index (κ2) is 6.14. The van der Waals surface area contributed by atoms with Crippen molar-refractivity contribution in [2.75, 3.05) is 24.3 Å². The fourth-order valence-electron chi connectivity index (χ4n) is 2.68. The van der Waals surface area contributed by atoms with Crippen molar-refractivity contribution < 1.29 is 4.79 Å². The molecule has 110 valence electrons. The molecule has 1 aromatic rings. The van der Waals surface area contributed by atoms with Gasteiger partial charge in [0, 0.05) is 28.8 Å². The Hall–Kier alpha value is -1.07. The summed E-state index contributed by atoms with van der Waals surface area (Å²) >= 11 is 3.64. The lowest BCUT2D eigenvalue weighted by Gasteiger charge is -2.28. The van der Waals surface area contributed by atoms with Gasteiger partial charge in [0.25, 0.3) is 0 Å². The van der Waals surface area contributed by atoms with Gasteiger partial charge in [-0.3, -0.25) is 4.79 Å². The molecular formula is C15H22BrN3O. The Kier molecular flexibility index (Phi) is 4.70. The van der Waals surface area contributed by atoms with Crippen molar-refractivity contribution >= 4 is 33.2 Å². The second-order valence-corrected chi connectivity index (χ2v) is 6.20. The quantitative estimate of drug-likeness (QED) is 0.865. The maximum Gasteiger partial charge on any atom is 0.246 e. The number of nitrogens with one attached hydrogen (secondary N) is 2. The van der Waals surface area contributed by atoms with E-state index in [1.807, 2.05) is 6.07 Å². The summed E-state index contributed by atoms with van der Waals surface area (Å²) in [7, 11) is 3.90. The number of hydrogen-bond donors (Lipinski definition) is 2. The number of carbonyl (C=O) groups excluding carboxylic acids is 1. The average Bonchev–Trinajstić information content (AvgIpc) is 2.71. The number of nitrogens with zero attached hydrogens (tertiary/aromatic N) is 1. The highest BCUT2D eigenvalue weighted by molar-refractivity contribution is 9.10. The number of benzene rings is 1. The summed E-state index contributed by atoms with van der Waals surface area (Å²) in [6.07, 6.45) is 2.30. The Morgan fingerprint density at radius 3 is 2.80 bits per heavy atom. The number of likely N-dealkylation sites (N-methyl/N-ethyl adjacent to an activating group) is 1. The predicted octanol–water partition coefficient (Wildman–Crippen LogP) is 3.29. The average molecular weight is 340 g/mol. The van der Waals surface area contributed by atoms with Gasteiger partial charge in [0.1, 0.15) is 6.04 Å². The minimum absolute atomic E-state index is 0.0100. The molecule has 1 amide bonds. The highest BCUT2D eigenvalue weighted by atomic mass is 79.9. The van der Waals surface area contributed by atoms with Crippen LogP contribution < -0.4 is 15.5 Å². The SMILES string of the molecule is CCCC(C)N(C)c1cc2c(cc1Br)C(NC)C(=O)N2. The second-order valence-electron chi connectivity index (χ2n) is 5.35. The molecule has 5 heteroatoms. The molecule has 2 N–H and O–H groups in total. The van der Waals surface area contributed by atoms with E-state index in [4.69, 9.17) is 0 Å². The van der Waals surface area contributed by atoms with Crippen molar-refractivity contribution in [3.05, 3.63) is 22.2 Å². The Bertz CT molecular complexity index is 518. The third-order valence-electron chi connectivity index (χ3n) is 3.99. The van der Waals surface area contributed by atoms with Gasteiger partial charge in [-0.15, -0.1) is 0 Å². The first-order chi connectivity index (χ1) is 9.49. The van der Waals surface area contributed by atoms with Crippen LogP contribution in [-0.4, -0.2) is 26.0 Å². The van der Waals surface area contributed by atoms with E-state index >= 15 is 0 Å². The Labute approximate surface area is 129 Å². The third-order valence-corrected chi connectivity index (χ3v) is 4.62. The van der Waals surface area contributed by atoms with Crippen molar-refractivity contribution in [1.82, 2.24) is 5.32 Å². The van der Waals surface area contributed by atoms with Gasteiger partial charge in [0.05, 0.1) is 5.69 Å². The number of anilines is 2. The lowest BCUT2D eigenvalue weighted by atomic mass is 10.1. The van der Waals surface area contributed by atoms with Gasteiger partial charge < -0.3 is 15.5 Å². The van der Waals surface area contributed by atoms with Crippen LogP contribution in [0.1, 0.15) is 38.3 Å². The number of fused-ring (bicyclic) bond motifs is 1. The zero-order chi connectivity index (χ0) is 14.9. The van der Waals surface area contributed by atoms with E-state index in [2.05, 4.69) is 58.4 Å². The van der Waals surface area contributed by atoms with Gasteiger partial charge >= 0.3 is 0 Å². The van der Waals surface area contributed by atoms with Crippen LogP contribution in [0.2, 0.25) is 0 Å². The van der Waals surface area contributed by atoms with Crippen molar-refractivity contribution in [2.24, 2.45) is 0 Å². The van der Waals surface area contributed by atoms with Crippen LogP contribution in [0.25, 0.3) is 0 Å². The Balaban J connectivity index is 2.35. The molecule has 0 saturated carbocycles. The molecule has 2 rings (SSSR count). The number of carbonyl (C=O) groups is 1. The van der Waals surface area contributed by atoms with E-state index < -0.39 is 0 Å². The summed E-state index contributed by atoms with van der Waals surface area (Å²) in [5.74, 6) is 0.0100. The molecule has 0 saturated heterocycles. The van der Waals surface area contributed by atoms with E-state index in [0.29, 0.717) is 6.04 Å². The minimum atomic E-state index is -0.256. The molecular weight excluding hydrogens is 318 g/mol. The first-order valence-electron chi connectivity index (χ1n) is 7.04. The lowest BCUT2D eigenvalue weighted by molar-refractivity contribution is -0.117. The third kappa shape index (κ3) is 2.69. The van der Waals surface area contributed by atoms with E-state index in [1.165, 1.54) is 0 Å². The van der Waals surface area contributed by atoms with Crippen molar-refractivity contribution in [3.8, 4) is 0 Å². The normalized spacial score (nSPS) is 18.6. The molecule has 1 aliphatic heterocycles. The van der Waals surface area contributed by atoms with E-state index in [0.717, 1.165) is 34.3 Å². The van der Waals surface area contributed by atoms with Crippen molar-refractivity contribution in [3.63, 3.8) is 0 Å². The molecule has 1 aromatic carbocycles. The fraction of sp³-hybridized carbons (Fsp3) is 0.533. The van der Waals surface area contributed by atoms with Gasteiger partial charge in [-0.1, -0.05) is 13.3 Å². The van der Waals surface area contributed by atoms with Gasteiger partial charge in [-0.2, -0.15) is 0 Å². The van der Waals surface area contributed by atoms with Crippen LogP contribution in [0, 0.1) is 0 Å². The molecule has 0 aromatic heterocycles. The van der Waals surface area contributed by atoms with Crippen LogP contribution in [0.15, 0.2) is 16.6 Å². The highest BCUT2D eigenvalue weighted by Crippen LogP contribution is 2.39. The van der Waals surface area contributed by atoms with E-state index in [9.17, 15) is 4.79 Å². The first kappa shape index (κ1) is 15.3. The molecule has 1 aliphatic rings. The molecule has 4 nitrogen and oxygen atoms in total. The van der Waals surface area contributed by atoms with Crippen molar-refractivity contribution in [2.45, 2.75) is 38.8 Å². The van der Waals surface area contributed by atoms with Gasteiger partial charge in [0.2, 0.25) is 5.91 Å². The molecule has 1 heterocycles. The maximum absolute atomic E-state index is 11.9. The van der Waals surface area contributed by atoms with E-state index in [-0.39, 0.29) is 11.9 Å². The number of halogens is 1. The van der Waals surface area contributed by atoms with E-state index in [1.54, 1.807) is 7.05 Å². The number of amides is 1. The summed E-state index contributed by atoms with van der Waals surface area (Å²) in [6, 6.07) is 4.31. The summed E-state index contributed by atoms with van der Waals surface area (Å²) < 4.78 is 1.03. The predicted molar refractivity (Wildman–Crippen MR) is 87.3 cm³/mol. The highest BCUT2D eigenvalue weighted by Gasteiger charge is 2.30. The van der Waals surface area contributed by atoms with Crippen LogP contribution >= 0.6 is 15.9 Å². The Morgan fingerprint density at radius 1 is 1.50 bits per heavy atom. The van der Waals surface area contributed by atoms with Crippen LogP contribution in [0.4, 0.5) is 11.4 Å². The molecule has 0 aliphatic carbocycles. The summed E-state index contributed by atoms with van der Waals surface area (Å²) in [4.78, 5) is 14.1. The Morgan fingerprint density at radius 2 is 2.20 bits per heavy atom. The number of rotatable bonds is 5. The maximum atomic E-state index is 11.9. The molecule has 0 radical (unpaired) electrons. The van der Waals surface area contributed by atoms with Gasteiger partial charge in [0.15, 0.2) is 0 Å². The molecule has 20 heavy (non-hydrogen) atoms. The largest absolute Gasteiger partial charge is 0.371 e. The molecule has 0 bridgehead atoms. The fourth-order valence-corrected chi connectivity index (χ4v) is 3.32. The topological polar surface area (TPSA) is 44.4 Å². The lowest BCUT2D eigenvalue weighted by Crippen LogP contribution is -2.28. The smallest absolute Gasteiger partial charge is 0.246 e. The standard InChI is InChI=1S/C15H22BrN3O/c1-5-6-9(2)19(4)13-8-12-10(7-11(13)16)14(17-3)15(20)18-12/h7-9,14,17H,5-6H2,1-4H3,(H,18,20). The van der Waals surface area contributed by atoms with Crippen LogP contribution in [0.5, 0.6) is 0 Å². The molecule has 0 spiro atoms. The van der Waals surface area contributed by atoms with Crippen LogP contribution in [-0.2, 0) is 4.79 Å². The summed E-state index contributed by atoms with van der Waals surface area (Å²) in [5, 5.41) is 5.99. The molecule has 2 unspecified atom stereocenters. The van der Waals surface area contributed by atoms with Gasteiger partial charge in [-0.25, -0.2) is 0 Å². The monoisotopic (exact) mass is 339 g/mol. The minimum Gasteiger partial charge on any atom is -0.371 e. The zero-order valence-corrected chi connectivity index (χ0v) is 14.0. The zero-order valence-electron chi connectivity index (χ0n) is 12.5.